The number of ether oxygens (including phenoxy) is 3. The number of benzene rings is 1. The average Bonchev–Trinajstić information content (AvgIpc) is 3.14. The molecule has 1 amide bonds. The Bertz CT molecular complexity index is 577. The second-order valence-corrected chi connectivity index (χ2v) is 6.14. The van der Waals surface area contributed by atoms with Crippen molar-refractivity contribution in [3.05, 3.63) is 29.8 Å². The fraction of sp³-hybridized carbons (Fsp3) is 0.588. The Kier molecular flexibility index (Phi) is 5.48. The van der Waals surface area contributed by atoms with Crippen molar-refractivity contribution >= 4 is 5.91 Å². The summed E-state index contributed by atoms with van der Waals surface area (Å²) in [6.07, 6.45) is -2.95. The third-order valence-electron chi connectivity index (χ3n) is 4.47. The van der Waals surface area contributed by atoms with Gasteiger partial charge in [0.15, 0.2) is 12.9 Å². The first-order chi connectivity index (χ1) is 11.9. The first-order valence-corrected chi connectivity index (χ1v) is 8.24. The molecule has 2 fully saturated rings. The monoisotopic (exact) mass is 359 g/mol. The third kappa shape index (κ3) is 4.64. The lowest BCUT2D eigenvalue weighted by Gasteiger charge is -2.33. The minimum Gasteiger partial charge on any atom is -0.484 e. The number of amides is 1. The predicted octanol–water partition coefficient (Wildman–Crippen LogP) is 2.70. The standard InChI is InChI=1S/C17H20F3NO4/c18-17(19,20)13-1-3-14(4-2-13)25-11-15(22)21-7-5-12(6-8-21)16-23-9-10-24-16/h1-4,12,16H,5-11H2. The third-order valence-corrected chi connectivity index (χ3v) is 4.47. The normalized spacial score (nSPS) is 20.0. The molecular formula is C17H20F3NO4. The quantitative estimate of drug-likeness (QED) is 0.829. The molecular weight excluding hydrogens is 339 g/mol. The molecule has 138 valence electrons. The first kappa shape index (κ1) is 18.0. The maximum absolute atomic E-state index is 12.5. The van der Waals surface area contributed by atoms with Crippen molar-refractivity contribution < 1.29 is 32.2 Å². The molecule has 2 aliphatic rings. The number of piperidine rings is 1. The summed E-state index contributed by atoms with van der Waals surface area (Å²) in [6.45, 7) is 2.24. The van der Waals surface area contributed by atoms with Gasteiger partial charge in [-0.1, -0.05) is 0 Å². The molecule has 2 saturated heterocycles. The van der Waals surface area contributed by atoms with E-state index in [4.69, 9.17) is 14.2 Å². The highest BCUT2D eigenvalue weighted by molar-refractivity contribution is 5.77. The molecule has 0 spiro atoms. The van der Waals surface area contributed by atoms with Crippen LogP contribution in [0.5, 0.6) is 5.75 Å². The molecule has 0 aromatic heterocycles. The van der Waals surface area contributed by atoms with E-state index in [2.05, 4.69) is 0 Å². The zero-order valence-corrected chi connectivity index (χ0v) is 13.6. The summed E-state index contributed by atoms with van der Waals surface area (Å²) in [4.78, 5) is 13.9. The average molecular weight is 359 g/mol. The van der Waals surface area contributed by atoms with Gasteiger partial charge >= 0.3 is 6.18 Å². The molecule has 0 unspecified atom stereocenters. The van der Waals surface area contributed by atoms with E-state index in [1.807, 2.05) is 0 Å². The van der Waals surface area contributed by atoms with Crippen LogP contribution in [0.25, 0.3) is 0 Å². The van der Waals surface area contributed by atoms with Gasteiger partial charge in [0.05, 0.1) is 18.8 Å². The Labute approximate surface area is 143 Å². The molecule has 8 heteroatoms. The number of likely N-dealkylation sites (tertiary alicyclic amines) is 1. The van der Waals surface area contributed by atoms with Crippen LogP contribution in [0.15, 0.2) is 24.3 Å². The van der Waals surface area contributed by atoms with Crippen LogP contribution in [0, 0.1) is 5.92 Å². The van der Waals surface area contributed by atoms with E-state index in [0.29, 0.717) is 32.2 Å². The number of nitrogens with zero attached hydrogens (tertiary/aromatic N) is 1. The van der Waals surface area contributed by atoms with Crippen LogP contribution >= 0.6 is 0 Å². The van der Waals surface area contributed by atoms with Gasteiger partial charge in [0.25, 0.3) is 5.91 Å². The minimum absolute atomic E-state index is 0.166. The fourth-order valence-electron chi connectivity index (χ4n) is 3.05. The number of carbonyl (C=O) groups is 1. The van der Waals surface area contributed by atoms with Crippen LogP contribution in [-0.2, 0) is 20.4 Å². The van der Waals surface area contributed by atoms with E-state index in [1.54, 1.807) is 4.90 Å². The number of hydrogen-bond acceptors (Lipinski definition) is 4. The lowest BCUT2D eigenvalue weighted by atomic mass is 9.96. The first-order valence-electron chi connectivity index (χ1n) is 8.24. The Hall–Kier alpha value is -1.80. The van der Waals surface area contributed by atoms with Crippen molar-refractivity contribution in [3.63, 3.8) is 0 Å². The molecule has 0 saturated carbocycles. The molecule has 3 rings (SSSR count). The predicted molar refractivity (Wildman–Crippen MR) is 81.9 cm³/mol. The van der Waals surface area contributed by atoms with Gasteiger partial charge in [-0.25, -0.2) is 0 Å². The summed E-state index contributed by atoms with van der Waals surface area (Å²) in [5.41, 5.74) is -0.746. The Morgan fingerprint density at radius 2 is 1.72 bits per heavy atom. The van der Waals surface area contributed by atoms with E-state index in [1.165, 1.54) is 12.1 Å². The zero-order chi connectivity index (χ0) is 17.9. The molecule has 0 N–H and O–H groups in total. The van der Waals surface area contributed by atoms with Crippen LogP contribution in [0.3, 0.4) is 0 Å². The van der Waals surface area contributed by atoms with Gasteiger partial charge in [-0.3, -0.25) is 4.79 Å². The smallest absolute Gasteiger partial charge is 0.416 e. The molecule has 0 aliphatic carbocycles. The summed E-state index contributed by atoms with van der Waals surface area (Å²) < 4.78 is 53.8. The highest BCUT2D eigenvalue weighted by atomic mass is 19.4. The Balaban J connectivity index is 1.43. The van der Waals surface area contributed by atoms with Crippen LogP contribution < -0.4 is 4.74 Å². The lowest BCUT2D eigenvalue weighted by molar-refractivity contribution is -0.139. The highest BCUT2D eigenvalue weighted by Gasteiger charge is 2.32. The van der Waals surface area contributed by atoms with E-state index in [9.17, 15) is 18.0 Å². The molecule has 0 atom stereocenters. The van der Waals surface area contributed by atoms with E-state index >= 15 is 0 Å². The van der Waals surface area contributed by atoms with Crippen LogP contribution in [0.2, 0.25) is 0 Å². The molecule has 1 aromatic rings. The van der Waals surface area contributed by atoms with Crippen LogP contribution in [-0.4, -0.2) is 50.0 Å². The fourth-order valence-corrected chi connectivity index (χ4v) is 3.05. The molecule has 25 heavy (non-hydrogen) atoms. The summed E-state index contributed by atoms with van der Waals surface area (Å²) in [5.74, 6) is 0.359. The van der Waals surface area contributed by atoms with Gasteiger partial charge < -0.3 is 19.1 Å². The van der Waals surface area contributed by atoms with Crippen molar-refractivity contribution in [2.45, 2.75) is 25.3 Å². The van der Waals surface area contributed by atoms with Crippen molar-refractivity contribution in [2.24, 2.45) is 5.92 Å². The van der Waals surface area contributed by atoms with Gasteiger partial charge in [0, 0.05) is 19.0 Å². The van der Waals surface area contributed by atoms with Crippen molar-refractivity contribution in [2.75, 3.05) is 32.9 Å². The SMILES string of the molecule is O=C(COc1ccc(C(F)(F)F)cc1)N1CCC(C2OCCO2)CC1. The molecule has 1 aromatic carbocycles. The molecule has 2 heterocycles. The summed E-state index contributed by atoms with van der Waals surface area (Å²) in [6, 6.07) is 4.31. The van der Waals surface area contributed by atoms with Crippen LogP contribution in [0.1, 0.15) is 18.4 Å². The van der Waals surface area contributed by atoms with Gasteiger partial charge in [0.2, 0.25) is 0 Å². The maximum Gasteiger partial charge on any atom is 0.416 e. The van der Waals surface area contributed by atoms with Gasteiger partial charge in [-0.2, -0.15) is 13.2 Å². The number of rotatable bonds is 4. The molecule has 5 nitrogen and oxygen atoms in total. The minimum atomic E-state index is -4.38. The van der Waals surface area contributed by atoms with Crippen molar-refractivity contribution in [3.8, 4) is 5.75 Å². The van der Waals surface area contributed by atoms with E-state index < -0.39 is 11.7 Å². The number of halogens is 3. The Morgan fingerprint density at radius 3 is 2.28 bits per heavy atom. The lowest BCUT2D eigenvalue weighted by Crippen LogP contribution is -2.43. The molecule has 0 bridgehead atoms. The second-order valence-electron chi connectivity index (χ2n) is 6.14. The van der Waals surface area contributed by atoms with E-state index in [-0.39, 0.29) is 24.6 Å². The summed E-state index contributed by atoms with van der Waals surface area (Å²) in [5, 5.41) is 0. The topological polar surface area (TPSA) is 48.0 Å². The molecule has 2 aliphatic heterocycles. The largest absolute Gasteiger partial charge is 0.484 e. The maximum atomic E-state index is 12.5. The summed E-state index contributed by atoms with van der Waals surface area (Å²) in [7, 11) is 0. The van der Waals surface area contributed by atoms with Crippen molar-refractivity contribution in [1.29, 1.82) is 0 Å². The van der Waals surface area contributed by atoms with Gasteiger partial charge in [-0.15, -0.1) is 0 Å². The Morgan fingerprint density at radius 1 is 1.12 bits per heavy atom. The molecule has 0 radical (unpaired) electrons. The second kappa shape index (κ2) is 7.61. The van der Waals surface area contributed by atoms with Gasteiger partial charge in [0.1, 0.15) is 5.75 Å². The van der Waals surface area contributed by atoms with Crippen molar-refractivity contribution in [1.82, 2.24) is 4.90 Å². The summed E-state index contributed by atoms with van der Waals surface area (Å²) >= 11 is 0. The number of hydrogen-bond donors (Lipinski definition) is 0. The highest BCUT2D eigenvalue weighted by Crippen LogP contribution is 2.30. The number of alkyl halides is 3. The van der Waals surface area contributed by atoms with Gasteiger partial charge in [-0.05, 0) is 37.1 Å². The van der Waals surface area contributed by atoms with E-state index in [0.717, 1.165) is 25.0 Å². The zero-order valence-electron chi connectivity index (χ0n) is 13.6. The number of carbonyl (C=O) groups excluding carboxylic acids is 1. The van der Waals surface area contributed by atoms with Crippen LogP contribution in [0.4, 0.5) is 13.2 Å².